The van der Waals surface area contributed by atoms with Crippen molar-refractivity contribution in [3.05, 3.63) is 71.3 Å². The summed E-state index contributed by atoms with van der Waals surface area (Å²) in [7, 11) is 0. The molecule has 2 rings (SSSR count). The first-order valence-corrected chi connectivity index (χ1v) is 10.1. The molecular formula is C24H32N2O2. The Hall–Kier alpha value is -2.62. The first kappa shape index (κ1) is 21.7. The number of benzene rings is 2. The van der Waals surface area contributed by atoms with Gasteiger partial charge in [0.1, 0.15) is 6.04 Å². The van der Waals surface area contributed by atoms with Crippen LogP contribution in [0.25, 0.3) is 0 Å². The molecule has 0 aliphatic heterocycles. The first-order valence-electron chi connectivity index (χ1n) is 10.1. The Bertz CT molecular complexity index is 754. The summed E-state index contributed by atoms with van der Waals surface area (Å²) in [4.78, 5) is 27.6. The zero-order valence-electron chi connectivity index (χ0n) is 17.4. The third-order valence-corrected chi connectivity index (χ3v) is 4.76. The first-order chi connectivity index (χ1) is 13.4. The second-order valence-electron chi connectivity index (χ2n) is 7.58. The number of amides is 2. The summed E-state index contributed by atoms with van der Waals surface area (Å²) in [5.74, 6) is -0.0766. The molecule has 0 unspecified atom stereocenters. The highest BCUT2D eigenvalue weighted by Gasteiger charge is 2.28. The smallest absolute Gasteiger partial charge is 0.243 e. The maximum atomic E-state index is 13.1. The van der Waals surface area contributed by atoms with E-state index in [1.807, 2.05) is 51.1 Å². The number of carbonyl (C=O) groups is 2. The lowest BCUT2D eigenvalue weighted by Gasteiger charge is -2.31. The zero-order chi connectivity index (χ0) is 20.5. The van der Waals surface area contributed by atoms with Gasteiger partial charge in [0.15, 0.2) is 0 Å². The minimum Gasteiger partial charge on any atom is -0.352 e. The van der Waals surface area contributed by atoms with Gasteiger partial charge in [-0.25, -0.2) is 0 Å². The molecular weight excluding hydrogens is 348 g/mol. The molecule has 0 saturated heterocycles. The van der Waals surface area contributed by atoms with Crippen molar-refractivity contribution >= 4 is 11.8 Å². The van der Waals surface area contributed by atoms with E-state index in [9.17, 15) is 9.59 Å². The number of nitrogens with one attached hydrogen (secondary N) is 1. The zero-order valence-corrected chi connectivity index (χ0v) is 17.4. The average Bonchev–Trinajstić information content (AvgIpc) is 2.67. The number of rotatable bonds is 9. The van der Waals surface area contributed by atoms with E-state index in [0.717, 1.165) is 11.1 Å². The van der Waals surface area contributed by atoms with Gasteiger partial charge < -0.3 is 10.2 Å². The van der Waals surface area contributed by atoms with Gasteiger partial charge in [-0.3, -0.25) is 9.59 Å². The number of hydrogen-bond donors (Lipinski definition) is 1. The van der Waals surface area contributed by atoms with Gasteiger partial charge in [0.2, 0.25) is 11.8 Å². The minimum atomic E-state index is -0.465. The van der Waals surface area contributed by atoms with Crippen molar-refractivity contribution in [3.63, 3.8) is 0 Å². The Morgan fingerprint density at radius 1 is 0.964 bits per heavy atom. The summed E-state index contributed by atoms with van der Waals surface area (Å²) in [6, 6.07) is 17.7. The van der Waals surface area contributed by atoms with E-state index < -0.39 is 6.04 Å². The molecule has 0 spiro atoms. The summed E-state index contributed by atoms with van der Waals surface area (Å²) in [5, 5.41) is 2.96. The Balaban J connectivity index is 2.16. The Kier molecular flexibility index (Phi) is 8.24. The van der Waals surface area contributed by atoms with E-state index in [-0.39, 0.29) is 17.9 Å². The molecule has 0 heterocycles. The molecule has 1 N–H and O–H groups in total. The largest absolute Gasteiger partial charge is 0.352 e. The molecule has 0 aliphatic carbocycles. The molecule has 2 aromatic rings. The van der Waals surface area contributed by atoms with Crippen LogP contribution in [0.2, 0.25) is 0 Å². The van der Waals surface area contributed by atoms with E-state index in [1.54, 1.807) is 4.90 Å². The molecule has 4 nitrogen and oxygen atoms in total. The fourth-order valence-electron chi connectivity index (χ4n) is 3.23. The van der Waals surface area contributed by atoms with Gasteiger partial charge in [-0.05, 0) is 44.7 Å². The van der Waals surface area contributed by atoms with Crippen molar-refractivity contribution in [2.24, 2.45) is 0 Å². The van der Waals surface area contributed by atoms with E-state index in [4.69, 9.17) is 0 Å². The normalized spacial score (nSPS) is 11.9. The van der Waals surface area contributed by atoms with Crippen LogP contribution in [-0.2, 0) is 22.6 Å². The van der Waals surface area contributed by atoms with Gasteiger partial charge in [-0.2, -0.15) is 0 Å². The van der Waals surface area contributed by atoms with Gasteiger partial charge >= 0.3 is 0 Å². The third kappa shape index (κ3) is 6.52. The van der Waals surface area contributed by atoms with Crippen LogP contribution in [0.5, 0.6) is 0 Å². The highest BCUT2D eigenvalue weighted by Crippen LogP contribution is 2.15. The Labute approximate surface area is 169 Å². The van der Waals surface area contributed by atoms with Crippen LogP contribution in [0, 0.1) is 6.92 Å². The lowest BCUT2D eigenvalue weighted by atomic mass is 10.0. The number of aryl methyl sites for hydroxylation is 2. The average molecular weight is 381 g/mol. The minimum absolute atomic E-state index is 0.00943. The molecule has 4 heteroatoms. The van der Waals surface area contributed by atoms with E-state index in [0.29, 0.717) is 25.8 Å². The van der Waals surface area contributed by atoms with Gasteiger partial charge in [-0.15, -0.1) is 0 Å². The summed E-state index contributed by atoms with van der Waals surface area (Å²) in [6.07, 6.45) is 1.65. The van der Waals surface area contributed by atoms with Crippen LogP contribution in [0.1, 0.15) is 50.3 Å². The molecule has 2 aromatic carbocycles. The fraction of sp³-hybridized carbons (Fsp3) is 0.417. The summed E-state index contributed by atoms with van der Waals surface area (Å²) in [5.41, 5.74) is 3.37. The number of hydrogen-bond acceptors (Lipinski definition) is 2. The van der Waals surface area contributed by atoms with Crippen molar-refractivity contribution in [3.8, 4) is 0 Å². The molecule has 0 saturated carbocycles. The lowest BCUT2D eigenvalue weighted by Crippen LogP contribution is -2.50. The number of nitrogens with zero attached hydrogens (tertiary/aromatic N) is 1. The molecule has 0 aliphatic rings. The molecule has 0 aromatic heterocycles. The maximum absolute atomic E-state index is 13.1. The summed E-state index contributed by atoms with van der Waals surface area (Å²) < 4.78 is 0. The standard InChI is InChI=1S/C24H32N2O2/c1-5-22(24(28)25-18(2)3)26(17-21-9-7-6-8-10-21)23(27)16-15-20-13-11-19(4)12-14-20/h6-14,18,22H,5,15-17H2,1-4H3,(H,25,28)/t22-/m0/s1. The lowest BCUT2D eigenvalue weighted by molar-refractivity contribution is -0.141. The van der Waals surface area contributed by atoms with Crippen molar-refractivity contribution in [2.75, 3.05) is 0 Å². The quantitative estimate of drug-likeness (QED) is 0.707. The van der Waals surface area contributed by atoms with Gasteiger partial charge in [0, 0.05) is 19.0 Å². The molecule has 0 radical (unpaired) electrons. The predicted octanol–water partition coefficient (Wildman–Crippen LogP) is 4.26. The van der Waals surface area contributed by atoms with E-state index >= 15 is 0 Å². The van der Waals surface area contributed by atoms with Crippen molar-refractivity contribution in [2.45, 2.75) is 65.6 Å². The second kappa shape index (κ2) is 10.6. The topological polar surface area (TPSA) is 49.4 Å². The van der Waals surface area contributed by atoms with Crippen LogP contribution < -0.4 is 5.32 Å². The van der Waals surface area contributed by atoms with E-state index in [2.05, 4.69) is 36.5 Å². The molecule has 28 heavy (non-hydrogen) atoms. The van der Waals surface area contributed by atoms with Crippen LogP contribution in [-0.4, -0.2) is 28.8 Å². The summed E-state index contributed by atoms with van der Waals surface area (Å²) in [6.45, 7) is 8.32. The molecule has 150 valence electrons. The van der Waals surface area contributed by atoms with Crippen molar-refractivity contribution in [1.29, 1.82) is 0 Å². The molecule has 1 atom stereocenters. The van der Waals surface area contributed by atoms with Crippen molar-refractivity contribution in [1.82, 2.24) is 10.2 Å². The predicted molar refractivity (Wildman–Crippen MR) is 114 cm³/mol. The van der Waals surface area contributed by atoms with Crippen LogP contribution in [0.4, 0.5) is 0 Å². The van der Waals surface area contributed by atoms with Gasteiger partial charge in [0.05, 0.1) is 0 Å². The molecule has 0 bridgehead atoms. The fourth-order valence-corrected chi connectivity index (χ4v) is 3.23. The third-order valence-electron chi connectivity index (χ3n) is 4.76. The van der Waals surface area contributed by atoms with Gasteiger partial charge in [0.25, 0.3) is 0 Å². The Morgan fingerprint density at radius 2 is 1.61 bits per heavy atom. The van der Waals surface area contributed by atoms with Crippen LogP contribution >= 0.6 is 0 Å². The van der Waals surface area contributed by atoms with E-state index in [1.165, 1.54) is 5.56 Å². The molecule has 2 amide bonds. The van der Waals surface area contributed by atoms with Crippen molar-refractivity contribution < 1.29 is 9.59 Å². The van der Waals surface area contributed by atoms with Crippen LogP contribution in [0.15, 0.2) is 54.6 Å². The van der Waals surface area contributed by atoms with Crippen LogP contribution in [0.3, 0.4) is 0 Å². The van der Waals surface area contributed by atoms with Gasteiger partial charge in [-0.1, -0.05) is 67.1 Å². The highest BCUT2D eigenvalue weighted by molar-refractivity contribution is 5.87. The summed E-state index contributed by atoms with van der Waals surface area (Å²) >= 11 is 0. The maximum Gasteiger partial charge on any atom is 0.243 e. The molecule has 0 fully saturated rings. The second-order valence-corrected chi connectivity index (χ2v) is 7.58. The Morgan fingerprint density at radius 3 is 2.18 bits per heavy atom. The monoisotopic (exact) mass is 380 g/mol. The SMILES string of the molecule is CC[C@@H](C(=O)NC(C)C)N(Cc1ccccc1)C(=O)CCc1ccc(C)cc1. The highest BCUT2D eigenvalue weighted by atomic mass is 16.2. The number of carbonyl (C=O) groups excluding carboxylic acids is 2.